The summed E-state index contributed by atoms with van der Waals surface area (Å²) in [6, 6.07) is 18.5. The van der Waals surface area contributed by atoms with Crippen molar-refractivity contribution in [3.8, 4) is 11.5 Å². The zero-order valence-electron chi connectivity index (χ0n) is 14.0. The normalized spacial score (nSPS) is 12.6. The van der Waals surface area contributed by atoms with Crippen LogP contribution in [0.5, 0.6) is 11.5 Å². The number of nitrogens with one attached hydrogen (secondary N) is 1. The topological polar surface area (TPSA) is 80.1 Å². The number of halogens is 1. The van der Waals surface area contributed by atoms with Crippen molar-refractivity contribution < 1.29 is 13.2 Å². The number of fused-ring (bicyclic) bond motifs is 1. The van der Waals surface area contributed by atoms with E-state index in [1.807, 2.05) is 0 Å². The van der Waals surface area contributed by atoms with E-state index in [2.05, 4.69) is 14.7 Å². The molecule has 3 aromatic rings. The second-order valence-corrected chi connectivity index (χ2v) is 7.85. The molecule has 27 heavy (non-hydrogen) atoms. The van der Waals surface area contributed by atoms with E-state index in [0.717, 1.165) is 0 Å². The Bertz CT molecular complexity index is 1210. The first-order chi connectivity index (χ1) is 13.0. The fourth-order valence-corrected chi connectivity index (χ4v) is 4.00. The van der Waals surface area contributed by atoms with Crippen LogP contribution >= 0.6 is 11.6 Å². The Balaban J connectivity index is 1.54. The molecule has 6 nitrogen and oxygen atoms in total. The Morgan fingerprint density at radius 1 is 0.889 bits per heavy atom. The third kappa shape index (κ3) is 3.79. The third-order valence-corrected chi connectivity index (χ3v) is 5.56. The minimum Gasteiger partial charge on any atom is -0.457 e. The Labute approximate surface area is 160 Å². The lowest BCUT2D eigenvalue weighted by atomic mass is 10.3. The van der Waals surface area contributed by atoms with Gasteiger partial charge in [0.1, 0.15) is 28.4 Å². The number of hydrogen-bond acceptors (Lipinski definition) is 5. The van der Waals surface area contributed by atoms with E-state index < -0.39 is 10.0 Å². The molecule has 0 aliphatic carbocycles. The molecule has 0 aromatic heterocycles. The number of para-hydroxylation sites is 1. The number of benzene rings is 3. The molecular formula is C19H14ClN3O3S. The van der Waals surface area contributed by atoms with Crippen LogP contribution in [0, 0.1) is 0 Å². The van der Waals surface area contributed by atoms with E-state index in [0.29, 0.717) is 32.9 Å². The van der Waals surface area contributed by atoms with Crippen LogP contribution in [0.3, 0.4) is 0 Å². The summed E-state index contributed by atoms with van der Waals surface area (Å²) in [5, 5.41) is 1.61. The van der Waals surface area contributed by atoms with Crippen LogP contribution in [0.1, 0.15) is 0 Å². The summed E-state index contributed by atoms with van der Waals surface area (Å²) < 4.78 is 33.7. The lowest BCUT2D eigenvalue weighted by Crippen LogP contribution is -2.30. The van der Waals surface area contributed by atoms with Gasteiger partial charge in [0.05, 0.1) is 5.36 Å². The Morgan fingerprint density at radius 2 is 1.56 bits per heavy atom. The van der Waals surface area contributed by atoms with Crippen molar-refractivity contribution in [2.45, 2.75) is 4.90 Å². The second-order valence-electron chi connectivity index (χ2n) is 5.77. The monoisotopic (exact) mass is 399 g/mol. The second kappa shape index (κ2) is 7.02. The number of anilines is 1. The number of rotatable bonds is 5. The molecule has 1 N–H and O–H groups in total. The highest BCUT2D eigenvalue weighted by Gasteiger charge is 2.18. The summed E-state index contributed by atoms with van der Waals surface area (Å²) in [6.45, 7) is 0.249. The minimum atomic E-state index is -3.77. The van der Waals surface area contributed by atoms with Crippen LogP contribution in [0.15, 0.2) is 81.6 Å². The molecule has 0 radical (unpaired) electrons. The minimum absolute atomic E-state index is 0.114. The third-order valence-electron chi connectivity index (χ3n) is 3.89. The Morgan fingerprint density at radius 3 is 2.26 bits per heavy atom. The maximum absolute atomic E-state index is 12.7. The average Bonchev–Trinajstić information content (AvgIpc) is 3.13. The smallest absolute Gasteiger partial charge is 0.264 e. The molecule has 0 spiro atoms. The number of nitrogens with zero attached hydrogens (tertiary/aromatic N) is 2. The molecule has 0 saturated carbocycles. The summed E-state index contributed by atoms with van der Waals surface area (Å²) in [7, 11) is -3.77. The van der Waals surface area contributed by atoms with E-state index in [-0.39, 0.29) is 11.6 Å². The molecular weight excluding hydrogens is 386 g/mol. The molecule has 0 amide bonds. The van der Waals surface area contributed by atoms with Crippen molar-refractivity contribution in [1.29, 1.82) is 0 Å². The first kappa shape index (κ1) is 17.5. The van der Waals surface area contributed by atoms with Gasteiger partial charge < -0.3 is 4.74 Å². The first-order valence-corrected chi connectivity index (χ1v) is 9.92. The van der Waals surface area contributed by atoms with E-state index in [1.165, 1.54) is 6.07 Å². The molecule has 1 aliphatic heterocycles. The van der Waals surface area contributed by atoms with Crippen molar-refractivity contribution >= 4 is 27.3 Å². The highest BCUT2D eigenvalue weighted by Crippen LogP contribution is 2.25. The standard InChI is InChI=1S/C19H14ClN3O3S/c20-13-4-8-15(9-5-13)26-16-10-6-14(7-11-16)23-27(24,25)18-3-1-2-17-19(18)22-12-21-17/h1-11,23H,12H2. The maximum atomic E-state index is 12.7. The molecule has 1 heterocycles. The van der Waals surface area contributed by atoms with E-state index in [9.17, 15) is 8.42 Å². The average molecular weight is 400 g/mol. The number of sulfonamides is 1. The molecule has 0 atom stereocenters. The summed E-state index contributed by atoms with van der Waals surface area (Å²) in [5.41, 5.74) is 0.422. The van der Waals surface area contributed by atoms with Crippen LogP contribution in [0.4, 0.5) is 5.69 Å². The van der Waals surface area contributed by atoms with Crippen molar-refractivity contribution in [3.63, 3.8) is 0 Å². The van der Waals surface area contributed by atoms with Gasteiger partial charge in [0, 0.05) is 10.7 Å². The Kier molecular flexibility index (Phi) is 4.55. The summed E-state index contributed by atoms with van der Waals surface area (Å²) >= 11 is 5.85. The molecule has 136 valence electrons. The molecule has 8 heteroatoms. The molecule has 0 unspecified atom stereocenters. The zero-order valence-corrected chi connectivity index (χ0v) is 15.5. The van der Waals surface area contributed by atoms with Crippen LogP contribution in [0.2, 0.25) is 5.02 Å². The van der Waals surface area contributed by atoms with Gasteiger partial charge in [-0.1, -0.05) is 17.7 Å². The zero-order chi connectivity index (χ0) is 18.9. The molecule has 4 rings (SSSR count). The van der Waals surface area contributed by atoms with Gasteiger partial charge in [-0.05, 0) is 60.7 Å². The maximum Gasteiger partial charge on any atom is 0.264 e. The molecule has 0 saturated heterocycles. The van der Waals surface area contributed by atoms with Gasteiger partial charge >= 0.3 is 0 Å². The lowest BCUT2D eigenvalue weighted by molar-refractivity contribution is 0.483. The number of hydrogen-bond donors (Lipinski definition) is 1. The van der Waals surface area contributed by atoms with E-state index in [4.69, 9.17) is 16.3 Å². The van der Waals surface area contributed by atoms with Crippen LogP contribution < -0.4 is 20.2 Å². The van der Waals surface area contributed by atoms with Gasteiger partial charge in [0.25, 0.3) is 10.0 Å². The largest absolute Gasteiger partial charge is 0.457 e. The summed E-state index contributed by atoms with van der Waals surface area (Å²) in [4.78, 5) is 8.43. The Hall–Kier alpha value is -2.90. The van der Waals surface area contributed by atoms with Crippen molar-refractivity contribution in [1.82, 2.24) is 0 Å². The molecule has 1 aliphatic rings. The first-order valence-electron chi connectivity index (χ1n) is 8.06. The SMILES string of the molecule is O=S(=O)(Nc1ccc(Oc2ccc(Cl)cc2)cc1)c1cccc2c1=NCN=2. The van der Waals surface area contributed by atoms with Crippen LogP contribution in [-0.4, -0.2) is 15.1 Å². The highest BCUT2D eigenvalue weighted by atomic mass is 35.5. The summed E-state index contributed by atoms with van der Waals surface area (Å²) in [6.07, 6.45) is 0. The van der Waals surface area contributed by atoms with Gasteiger partial charge in [-0.2, -0.15) is 0 Å². The van der Waals surface area contributed by atoms with Gasteiger partial charge in [-0.3, -0.25) is 14.7 Å². The lowest BCUT2D eigenvalue weighted by Gasteiger charge is -2.10. The van der Waals surface area contributed by atoms with E-state index in [1.54, 1.807) is 60.7 Å². The van der Waals surface area contributed by atoms with Crippen LogP contribution in [0.25, 0.3) is 0 Å². The fourth-order valence-electron chi connectivity index (χ4n) is 2.64. The molecule has 0 fully saturated rings. The van der Waals surface area contributed by atoms with Crippen molar-refractivity contribution in [2.75, 3.05) is 11.4 Å². The number of ether oxygens (including phenoxy) is 1. The predicted octanol–water partition coefficient (Wildman–Crippen LogP) is 3.14. The van der Waals surface area contributed by atoms with Crippen molar-refractivity contribution in [3.05, 3.63) is 82.5 Å². The molecule has 3 aromatic carbocycles. The quantitative estimate of drug-likeness (QED) is 0.715. The van der Waals surface area contributed by atoms with Crippen molar-refractivity contribution in [2.24, 2.45) is 9.98 Å². The fraction of sp³-hybridized carbons (Fsp3) is 0.0526. The van der Waals surface area contributed by atoms with E-state index >= 15 is 0 Å². The van der Waals surface area contributed by atoms with Gasteiger partial charge in [0.2, 0.25) is 0 Å². The predicted molar refractivity (Wildman–Crippen MR) is 102 cm³/mol. The van der Waals surface area contributed by atoms with Gasteiger partial charge in [-0.15, -0.1) is 0 Å². The summed E-state index contributed by atoms with van der Waals surface area (Å²) in [5.74, 6) is 1.22. The van der Waals surface area contributed by atoms with Crippen LogP contribution in [-0.2, 0) is 10.0 Å². The van der Waals surface area contributed by atoms with Gasteiger partial charge in [0.15, 0.2) is 0 Å². The van der Waals surface area contributed by atoms with Gasteiger partial charge in [-0.25, -0.2) is 8.42 Å². The highest BCUT2D eigenvalue weighted by molar-refractivity contribution is 7.92. The molecule has 0 bridgehead atoms.